The van der Waals surface area contributed by atoms with Gasteiger partial charge in [0.2, 0.25) is 18.1 Å². The van der Waals surface area contributed by atoms with Crippen LogP contribution in [0.4, 0.5) is 18.0 Å². The number of benzene rings is 1. The van der Waals surface area contributed by atoms with Gasteiger partial charge in [0.05, 0.1) is 6.07 Å². The summed E-state index contributed by atoms with van der Waals surface area (Å²) in [6.07, 6.45) is -2.59. The summed E-state index contributed by atoms with van der Waals surface area (Å²) in [6.45, 7) is 16.4. The van der Waals surface area contributed by atoms with Gasteiger partial charge in [-0.05, 0) is 89.7 Å². The number of carboxylic acids is 1. The maximum absolute atomic E-state index is 13.2. The second-order valence-corrected chi connectivity index (χ2v) is 17.1. The van der Waals surface area contributed by atoms with Gasteiger partial charge in [-0.2, -0.15) is 18.4 Å². The van der Waals surface area contributed by atoms with E-state index in [1.807, 2.05) is 58.0 Å². The number of aliphatic hydroxyl groups excluding tert-OH is 1. The summed E-state index contributed by atoms with van der Waals surface area (Å²) < 4.78 is 42.2. The highest BCUT2D eigenvalue weighted by Crippen LogP contribution is 2.41. The van der Waals surface area contributed by atoms with Gasteiger partial charge >= 0.3 is 24.2 Å². The van der Waals surface area contributed by atoms with Crippen molar-refractivity contribution in [3.8, 4) is 6.07 Å². The molecule has 5 rings (SSSR count). The molecule has 0 radical (unpaired) electrons. The second kappa shape index (κ2) is 22.2. The molecule has 0 bridgehead atoms. The Morgan fingerprint density at radius 1 is 0.967 bits per heavy atom. The molecule has 4 aliphatic heterocycles. The number of likely N-dealkylation sites (tertiary alicyclic amines) is 3. The zero-order valence-electron chi connectivity index (χ0n) is 35.9. The van der Waals surface area contributed by atoms with Crippen LogP contribution < -0.4 is 5.32 Å². The van der Waals surface area contributed by atoms with E-state index < -0.39 is 65.5 Å². The number of nitrogens with zero attached hydrogens (tertiary/aromatic N) is 4. The molecule has 1 unspecified atom stereocenters. The number of aliphatic carboxylic acids is 1. The monoisotopic (exact) mass is 853 g/mol. The van der Waals surface area contributed by atoms with E-state index in [-0.39, 0.29) is 30.3 Å². The van der Waals surface area contributed by atoms with E-state index in [2.05, 4.69) is 5.32 Å². The number of esters is 1. The lowest BCUT2D eigenvalue weighted by molar-refractivity contribution is -0.162. The van der Waals surface area contributed by atoms with Crippen LogP contribution in [0.5, 0.6) is 0 Å². The van der Waals surface area contributed by atoms with E-state index in [0.29, 0.717) is 51.6 Å². The average Bonchev–Trinajstić information content (AvgIpc) is 3.93. The standard InChI is InChI=1S/C20H28N2O4.C18H30N2O5.C2HF3O.C2H3N/c1-14(2)11-16(18(24)26-13-15-7-4-3-5-8-15)22-17(23)12-20(19(22)25)9-6-10-21-20;1-12(2)11-13(14(21)22)19-10-8-18(15(19)23)7-6-9-20(18)16(24)25-17(3,4)5;3-2(4,5)1-6;1-2-3/h3-5,7-8,14,16-17,21,23H,6,9-13H2,1-2H3;12-13H,6-11H2,1-5H3,(H,21,22);1H;1H3/t16-,17?,20-;13-,18-;;/m11../s1. The molecule has 0 aromatic heterocycles. The van der Waals surface area contributed by atoms with Crippen LogP contribution in [0.15, 0.2) is 30.3 Å². The van der Waals surface area contributed by atoms with Gasteiger partial charge < -0.3 is 34.8 Å². The maximum atomic E-state index is 13.2. The van der Waals surface area contributed by atoms with E-state index in [1.165, 1.54) is 21.6 Å². The molecule has 4 heterocycles. The number of carbonyl (C=O) groups excluding carboxylic acids is 5. The minimum atomic E-state index is -4.64. The summed E-state index contributed by atoms with van der Waals surface area (Å²) in [6, 6.07) is 9.60. The number of carbonyl (C=O) groups is 6. The zero-order valence-corrected chi connectivity index (χ0v) is 35.9. The average molecular weight is 854 g/mol. The first kappa shape index (κ1) is 51.4. The lowest BCUT2D eigenvalue weighted by Gasteiger charge is -2.35. The number of rotatable bonds is 10. The smallest absolute Gasteiger partial charge is 0.446 e. The van der Waals surface area contributed by atoms with Gasteiger partial charge in [0, 0.05) is 26.4 Å². The van der Waals surface area contributed by atoms with Crippen LogP contribution in [0, 0.1) is 23.2 Å². The van der Waals surface area contributed by atoms with Crippen LogP contribution in [0.2, 0.25) is 0 Å². The molecule has 4 saturated heterocycles. The quantitative estimate of drug-likeness (QED) is 0.195. The van der Waals surface area contributed by atoms with Crippen molar-refractivity contribution in [3.05, 3.63) is 35.9 Å². The number of aliphatic hydroxyl groups is 1. The Bertz CT molecular complexity index is 1660. The van der Waals surface area contributed by atoms with E-state index in [0.717, 1.165) is 24.9 Å². The van der Waals surface area contributed by atoms with E-state index in [1.54, 1.807) is 26.8 Å². The third-order valence-corrected chi connectivity index (χ3v) is 10.3. The first-order valence-electron chi connectivity index (χ1n) is 20.2. The third-order valence-electron chi connectivity index (χ3n) is 10.3. The minimum Gasteiger partial charge on any atom is -0.480 e. The number of amides is 3. The fraction of sp³-hybridized carbons (Fsp3) is 0.690. The molecular formula is C42H62F3N5O10. The molecule has 1 aromatic carbocycles. The number of nitriles is 1. The fourth-order valence-corrected chi connectivity index (χ4v) is 7.82. The summed E-state index contributed by atoms with van der Waals surface area (Å²) in [4.78, 5) is 76.2. The molecule has 5 atom stereocenters. The second-order valence-electron chi connectivity index (χ2n) is 17.1. The molecule has 3 amide bonds. The molecule has 18 heteroatoms. The van der Waals surface area contributed by atoms with Crippen molar-refractivity contribution in [2.75, 3.05) is 19.6 Å². The molecule has 336 valence electrons. The predicted molar refractivity (Wildman–Crippen MR) is 212 cm³/mol. The van der Waals surface area contributed by atoms with Crippen molar-refractivity contribution >= 4 is 36.1 Å². The largest absolute Gasteiger partial charge is 0.480 e. The number of hydrogen-bond donors (Lipinski definition) is 3. The van der Waals surface area contributed by atoms with Gasteiger partial charge in [-0.15, -0.1) is 0 Å². The number of hydrogen-bond acceptors (Lipinski definition) is 11. The van der Waals surface area contributed by atoms with Gasteiger partial charge in [-0.1, -0.05) is 58.0 Å². The predicted octanol–water partition coefficient (Wildman–Crippen LogP) is 5.58. The van der Waals surface area contributed by atoms with E-state index in [9.17, 15) is 47.4 Å². The highest BCUT2D eigenvalue weighted by atomic mass is 19.4. The van der Waals surface area contributed by atoms with Crippen LogP contribution in [0.1, 0.15) is 112 Å². The van der Waals surface area contributed by atoms with Crippen LogP contribution in [-0.2, 0) is 40.1 Å². The Morgan fingerprint density at radius 3 is 2.02 bits per heavy atom. The normalized spacial score (nSPS) is 23.3. The molecule has 60 heavy (non-hydrogen) atoms. The highest BCUT2D eigenvalue weighted by Gasteiger charge is 2.58. The van der Waals surface area contributed by atoms with Gasteiger partial charge in [0.15, 0.2) is 0 Å². The summed E-state index contributed by atoms with van der Waals surface area (Å²) >= 11 is 0. The first-order chi connectivity index (χ1) is 27.9. The van der Waals surface area contributed by atoms with Crippen molar-refractivity contribution < 1.29 is 61.6 Å². The fourth-order valence-electron chi connectivity index (χ4n) is 7.82. The Hall–Kier alpha value is -4.76. The molecule has 15 nitrogen and oxygen atoms in total. The van der Waals surface area contributed by atoms with E-state index >= 15 is 0 Å². The van der Waals surface area contributed by atoms with Crippen LogP contribution in [0.25, 0.3) is 0 Å². The SMILES string of the molecule is CC#N.CC(C)C[C@H](C(=O)O)N1CC[C@]2(CCCN2C(=O)OC(C)(C)C)C1=O.CC(C)C[C@H](C(=O)OCc1ccccc1)N1C(=O)[C@@]2(CCCN2)CC1O.O=CC(F)(F)F. The Balaban J connectivity index is 0.000000344. The molecule has 4 fully saturated rings. The van der Waals surface area contributed by atoms with Gasteiger partial charge in [-0.3, -0.25) is 19.3 Å². The number of alkyl halides is 3. The number of ether oxygens (including phenoxy) is 2. The molecule has 0 saturated carbocycles. The van der Waals surface area contributed by atoms with Gasteiger partial charge in [0.25, 0.3) is 0 Å². The van der Waals surface area contributed by atoms with Crippen LogP contribution in [0.3, 0.4) is 0 Å². The molecule has 3 N–H and O–H groups in total. The molecule has 1 aromatic rings. The van der Waals surface area contributed by atoms with Gasteiger partial charge in [-0.25, -0.2) is 14.4 Å². The summed E-state index contributed by atoms with van der Waals surface area (Å²) in [5, 5.41) is 30.7. The van der Waals surface area contributed by atoms with E-state index in [4.69, 9.17) is 19.5 Å². The summed E-state index contributed by atoms with van der Waals surface area (Å²) in [5.41, 5.74) is -1.39. The first-order valence-corrected chi connectivity index (χ1v) is 20.2. The third kappa shape index (κ3) is 14.2. The Labute approximate surface area is 350 Å². The Kier molecular flexibility index (Phi) is 19.0. The number of halogens is 3. The minimum absolute atomic E-state index is 0.162. The molecule has 2 spiro atoms. The van der Waals surface area contributed by atoms with Crippen molar-refractivity contribution in [1.82, 2.24) is 20.0 Å². The topological polar surface area (TPSA) is 207 Å². The lowest BCUT2D eigenvalue weighted by atomic mass is 9.94. The zero-order chi connectivity index (χ0) is 45.6. The van der Waals surface area contributed by atoms with Gasteiger partial charge in [0.1, 0.15) is 41.6 Å². The van der Waals surface area contributed by atoms with Crippen molar-refractivity contribution in [3.63, 3.8) is 0 Å². The summed E-state index contributed by atoms with van der Waals surface area (Å²) in [5.74, 6) is -1.51. The van der Waals surface area contributed by atoms with Crippen LogP contribution >= 0.6 is 0 Å². The molecular weight excluding hydrogens is 791 g/mol. The van der Waals surface area contributed by atoms with Crippen molar-refractivity contribution in [1.29, 1.82) is 5.26 Å². The lowest BCUT2D eigenvalue weighted by Crippen LogP contribution is -2.55. The van der Waals surface area contributed by atoms with Crippen molar-refractivity contribution in [2.45, 2.75) is 155 Å². The maximum Gasteiger partial charge on any atom is 0.446 e. The Morgan fingerprint density at radius 2 is 1.53 bits per heavy atom. The van der Waals surface area contributed by atoms with Crippen LogP contribution in [-0.4, -0.2) is 122 Å². The van der Waals surface area contributed by atoms with Crippen molar-refractivity contribution in [2.24, 2.45) is 11.8 Å². The molecule has 4 aliphatic rings. The molecule has 0 aliphatic carbocycles. The number of carboxylic acid groups (broad SMARTS) is 1. The summed E-state index contributed by atoms with van der Waals surface area (Å²) in [7, 11) is 0. The number of nitrogens with one attached hydrogen (secondary N) is 1. The highest BCUT2D eigenvalue weighted by molar-refractivity contribution is 5.95. The number of aldehydes is 1.